The van der Waals surface area contributed by atoms with Gasteiger partial charge in [-0.2, -0.15) is 0 Å². The number of nitrogens with one attached hydrogen (secondary N) is 1. The van der Waals surface area contributed by atoms with Gasteiger partial charge >= 0.3 is 0 Å². The van der Waals surface area contributed by atoms with Gasteiger partial charge in [0.05, 0.1) is 0 Å². The molecular formula is C13H23N3. The van der Waals surface area contributed by atoms with E-state index in [1.165, 1.54) is 58.5 Å². The lowest BCUT2D eigenvalue weighted by Gasteiger charge is -2.49. The summed E-state index contributed by atoms with van der Waals surface area (Å²) in [5.74, 6) is 0. The van der Waals surface area contributed by atoms with E-state index in [-0.39, 0.29) is 0 Å². The Bertz CT molecular complexity index is 252. The van der Waals surface area contributed by atoms with Crippen molar-refractivity contribution in [1.82, 2.24) is 15.1 Å². The molecule has 1 unspecified atom stereocenters. The molecule has 1 atom stereocenters. The highest BCUT2D eigenvalue weighted by molar-refractivity contribution is 5.03. The van der Waals surface area contributed by atoms with Crippen LogP contribution in [0.25, 0.3) is 0 Å². The van der Waals surface area contributed by atoms with Crippen LogP contribution in [0.5, 0.6) is 0 Å². The minimum atomic E-state index is 0.757. The Hall–Kier alpha value is -0.380. The number of hydrogen-bond donors (Lipinski definition) is 1. The van der Waals surface area contributed by atoms with Crippen LogP contribution in [0.1, 0.15) is 19.3 Å². The average molecular weight is 221 g/mol. The predicted molar refractivity (Wildman–Crippen MR) is 66.6 cm³/mol. The topological polar surface area (TPSA) is 18.5 Å². The molecule has 0 aromatic carbocycles. The maximum Gasteiger partial charge on any atom is 0.0351 e. The van der Waals surface area contributed by atoms with E-state index in [1.807, 2.05) is 0 Å². The zero-order chi connectivity index (χ0) is 10.8. The summed E-state index contributed by atoms with van der Waals surface area (Å²) in [4.78, 5) is 5.32. The van der Waals surface area contributed by atoms with Crippen LogP contribution < -0.4 is 5.32 Å². The number of piperazine rings is 1. The van der Waals surface area contributed by atoms with E-state index in [1.54, 1.807) is 0 Å². The van der Waals surface area contributed by atoms with Crippen molar-refractivity contribution < 1.29 is 0 Å². The predicted octanol–water partition coefficient (Wildman–Crippen LogP) is 0.684. The van der Waals surface area contributed by atoms with Crippen molar-refractivity contribution in [2.75, 3.05) is 39.3 Å². The van der Waals surface area contributed by atoms with E-state index in [9.17, 15) is 0 Å². The van der Waals surface area contributed by atoms with E-state index in [0.717, 1.165) is 12.1 Å². The summed E-state index contributed by atoms with van der Waals surface area (Å²) in [5.41, 5.74) is 0. The molecule has 90 valence electrons. The summed E-state index contributed by atoms with van der Waals surface area (Å²) in [5, 5.41) is 3.43. The van der Waals surface area contributed by atoms with Crippen molar-refractivity contribution >= 4 is 0 Å². The Balaban J connectivity index is 1.46. The lowest BCUT2D eigenvalue weighted by molar-refractivity contribution is 0.00797. The minimum absolute atomic E-state index is 0.757. The van der Waals surface area contributed by atoms with Gasteiger partial charge in [-0.15, -0.1) is 0 Å². The van der Waals surface area contributed by atoms with Crippen LogP contribution >= 0.6 is 0 Å². The molecule has 1 aliphatic carbocycles. The summed E-state index contributed by atoms with van der Waals surface area (Å²) in [7, 11) is 0. The van der Waals surface area contributed by atoms with E-state index < -0.39 is 0 Å². The molecule has 0 bridgehead atoms. The highest BCUT2D eigenvalue weighted by Crippen LogP contribution is 2.24. The van der Waals surface area contributed by atoms with Gasteiger partial charge in [-0.25, -0.2) is 0 Å². The maximum atomic E-state index is 3.43. The Kier molecular flexibility index (Phi) is 3.27. The molecule has 0 aromatic heterocycles. The Labute approximate surface area is 98.5 Å². The van der Waals surface area contributed by atoms with Gasteiger partial charge in [0.1, 0.15) is 0 Å². The fourth-order valence-electron chi connectivity index (χ4n) is 3.14. The number of rotatable bonds is 2. The first-order valence-corrected chi connectivity index (χ1v) is 6.79. The Morgan fingerprint density at radius 3 is 2.56 bits per heavy atom. The monoisotopic (exact) mass is 221 g/mol. The molecule has 1 N–H and O–H groups in total. The normalized spacial score (nSPS) is 33.9. The quantitative estimate of drug-likeness (QED) is 0.692. The van der Waals surface area contributed by atoms with Gasteiger partial charge in [-0.1, -0.05) is 12.2 Å². The number of allylic oxidation sites excluding steroid dienone is 1. The molecule has 0 radical (unpaired) electrons. The third-order valence-corrected chi connectivity index (χ3v) is 4.26. The molecule has 2 fully saturated rings. The SMILES string of the molecule is C1=CC(N2CC(N3CCNCC3)C2)CCC1. The minimum Gasteiger partial charge on any atom is -0.314 e. The summed E-state index contributed by atoms with van der Waals surface area (Å²) in [6.45, 7) is 7.46. The van der Waals surface area contributed by atoms with Crippen LogP contribution in [0.15, 0.2) is 12.2 Å². The van der Waals surface area contributed by atoms with Gasteiger partial charge in [0, 0.05) is 51.4 Å². The maximum absolute atomic E-state index is 3.43. The Morgan fingerprint density at radius 2 is 1.88 bits per heavy atom. The number of hydrogen-bond acceptors (Lipinski definition) is 3. The second-order valence-electron chi connectivity index (χ2n) is 5.32. The molecule has 2 saturated heterocycles. The van der Waals surface area contributed by atoms with Crippen LogP contribution in [-0.2, 0) is 0 Å². The third kappa shape index (κ3) is 2.17. The average Bonchev–Trinajstić information content (AvgIpc) is 2.30. The molecule has 2 heterocycles. The van der Waals surface area contributed by atoms with E-state index in [2.05, 4.69) is 27.3 Å². The lowest BCUT2D eigenvalue weighted by atomic mass is 9.96. The van der Waals surface area contributed by atoms with Crippen LogP contribution in [0.4, 0.5) is 0 Å². The van der Waals surface area contributed by atoms with Crippen LogP contribution in [0, 0.1) is 0 Å². The van der Waals surface area contributed by atoms with Gasteiger partial charge in [-0.05, 0) is 19.3 Å². The van der Waals surface area contributed by atoms with Crippen molar-refractivity contribution in [3.63, 3.8) is 0 Å². The molecule has 3 nitrogen and oxygen atoms in total. The summed E-state index contributed by atoms with van der Waals surface area (Å²) in [6, 6.07) is 1.60. The molecule has 16 heavy (non-hydrogen) atoms. The van der Waals surface area contributed by atoms with Gasteiger partial charge in [0.15, 0.2) is 0 Å². The van der Waals surface area contributed by atoms with Crippen LogP contribution in [0.3, 0.4) is 0 Å². The molecular weight excluding hydrogens is 198 g/mol. The van der Waals surface area contributed by atoms with Gasteiger partial charge < -0.3 is 5.32 Å². The first-order chi connectivity index (χ1) is 7.93. The first kappa shape index (κ1) is 10.8. The third-order valence-electron chi connectivity index (χ3n) is 4.26. The first-order valence-electron chi connectivity index (χ1n) is 6.79. The van der Waals surface area contributed by atoms with Crippen molar-refractivity contribution in [2.24, 2.45) is 0 Å². The highest BCUT2D eigenvalue weighted by atomic mass is 15.3. The van der Waals surface area contributed by atoms with E-state index in [4.69, 9.17) is 0 Å². The van der Waals surface area contributed by atoms with Crippen molar-refractivity contribution in [3.8, 4) is 0 Å². The summed E-state index contributed by atoms with van der Waals surface area (Å²) >= 11 is 0. The summed E-state index contributed by atoms with van der Waals surface area (Å²) < 4.78 is 0. The summed E-state index contributed by atoms with van der Waals surface area (Å²) in [6.07, 6.45) is 8.86. The van der Waals surface area contributed by atoms with Gasteiger partial charge in [0.25, 0.3) is 0 Å². The van der Waals surface area contributed by atoms with Gasteiger partial charge in [-0.3, -0.25) is 9.80 Å². The fraction of sp³-hybridized carbons (Fsp3) is 0.846. The molecule has 0 amide bonds. The van der Waals surface area contributed by atoms with Gasteiger partial charge in [0.2, 0.25) is 0 Å². The molecule has 0 saturated carbocycles. The molecule has 3 rings (SSSR count). The van der Waals surface area contributed by atoms with Crippen molar-refractivity contribution in [3.05, 3.63) is 12.2 Å². The number of nitrogens with zero attached hydrogens (tertiary/aromatic N) is 2. The van der Waals surface area contributed by atoms with Crippen molar-refractivity contribution in [2.45, 2.75) is 31.3 Å². The molecule has 0 spiro atoms. The standard InChI is InChI=1S/C13H23N3/c1-2-4-12(5-3-1)16-10-13(11-16)15-8-6-14-7-9-15/h2,4,12-14H,1,3,5-11H2. The molecule has 2 aliphatic heterocycles. The van der Waals surface area contributed by atoms with E-state index in [0.29, 0.717) is 0 Å². The molecule has 3 heteroatoms. The zero-order valence-corrected chi connectivity index (χ0v) is 10.1. The van der Waals surface area contributed by atoms with Crippen LogP contribution in [-0.4, -0.2) is 61.2 Å². The highest BCUT2D eigenvalue weighted by Gasteiger charge is 2.35. The van der Waals surface area contributed by atoms with Crippen molar-refractivity contribution in [1.29, 1.82) is 0 Å². The fourth-order valence-corrected chi connectivity index (χ4v) is 3.14. The second-order valence-corrected chi connectivity index (χ2v) is 5.32. The molecule has 0 aromatic rings. The van der Waals surface area contributed by atoms with E-state index >= 15 is 0 Å². The number of likely N-dealkylation sites (tertiary alicyclic amines) is 1. The molecule has 3 aliphatic rings. The smallest absolute Gasteiger partial charge is 0.0351 e. The van der Waals surface area contributed by atoms with Crippen LogP contribution in [0.2, 0.25) is 0 Å². The lowest BCUT2D eigenvalue weighted by Crippen LogP contribution is -2.64. The Morgan fingerprint density at radius 1 is 1.06 bits per heavy atom. The zero-order valence-electron chi connectivity index (χ0n) is 10.1. The second kappa shape index (κ2) is 4.86. The largest absolute Gasteiger partial charge is 0.314 e.